The van der Waals surface area contributed by atoms with Crippen LogP contribution in [0.2, 0.25) is 5.02 Å². The maximum absolute atomic E-state index is 6.42. The third kappa shape index (κ3) is 3.64. The van der Waals surface area contributed by atoms with Crippen LogP contribution in [-0.2, 0) is 0 Å². The number of methoxy groups -OCH3 is 2. The molecule has 1 aliphatic rings. The van der Waals surface area contributed by atoms with E-state index in [9.17, 15) is 0 Å². The fourth-order valence-corrected chi connectivity index (χ4v) is 3.71. The Kier molecular flexibility index (Phi) is 6.19. The lowest BCUT2D eigenvalue weighted by atomic mass is 9.81. The van der Waals surface area contributed by atoms with Crippen molar-refractivity contribution in [2.75, 3.05) is 20.8 Å². The van der Waals surface area contributed by atoms with Gasteiger partial charge in [-0.15, -0.1) is 0 Å². The molecule has 0 radical (unpaired) electrons. The summed E-state index contributed by atoms with van der Waals surface area (Å²) in [6.45, 7) is 3.08. The highest BCUT2D eigenvalue weighted by Crippen LogP contribution is 2.43. The van der Waals surface area contributed by atoms with E-state index in [1.165, 1.54) is 32.1 Å². The highest BCUT2D eigenvalue weighted by Gasteiger charge is 2.28. The van der Waals surface area contributed by atoms with Gasteiger partial charge in [-0.2, -0.15) is 0 Å². The van der Waals surface area contributed by atoms with Crippen molar-refractivity contribution < 1.29 is 9.47 Å². The van der Waals surface area contributed by atoms with Crippen LogP contribution in [-0.4, -0.2) is 20.8 Å². The maximum Gasteiger partial charge on any atom is 0.146 e. The number of hydrogen-bond acceptors (Lipinski definition) is 3. The summed E-state index contributed by atoms with van der Waals surface area (Å²) in [6.07, 6.45) is 6.53. The van der Waals surface area contributed by atoms with Crippen molar-refractivity contribution >= 4 is 11.6 Å². The highest BCUT2D eigenvalue weighted by molar-refractivity contribution is 6.33. The molecule has 0 aliphatic heterocycles. The van der Waals surface area contributed by atoms with Crippen molar-refractivity contribution in [3.63, 3.8) is 0 Å². The highest BCUT2D eigenvalue weighted by atomic mass is 35.5. The maximum atomic E-state index is 6.42. The molecule has 0 spiro atoms. The van der Waals surface area contributed by atoms with Crippen molar-refractivity contribution in [3.05, 3.63) is 22.7 Å². The Hall–Kier alpha value is -0.930. The Morgan fingerprint density at radius 1 is 1.19 bits per heavy atom. The van der Waals surface area contributed by atoms with Gasteiger partial charge < -0.3 is 14.8 Å². The lowest BCUT2D eigenvalue weighted by Gasteiger charge is -2.32. The molecular weight excluding hydrogens is 286 g/mol. The molecule has 4 heteroatoms. The van der Waals surface area contributed by atoms with Crippen LogP contribution in [0.5, 0.6) is 11.5 Å². The van der Waals surface area contributed by atoms with Crippen LogP contribution in [0.1, 0.15) is 50.6 Å². The van der Waals surface area contributed by atoms with Gasteiger partial charge in [-0.3, -0.25) is 0 Å². The van der Waals surface area contributed by atoms with Crippen LogP contribution in [0.15, 0.2) is 12.1 Å². The van der Waals surface area contributed by atoms with Crippen molar-refractivity contribution in [2.45, 2.75) is 45.1 Å². The van der Waals surface area contributed by atoms with Gasteiger partial charge in [-0.25, -0.2) is 0 Å². The van der Waals surface area contributed by atoms with E-state index in [0.717, 1.165) is 17.9 Å². The van der Waals surface area contributed by atoms with Crippen molar-refractivity contribution in [3.8, 4) is 11.5 Å². The van der Waals surface area contributed by atoms with E-state index in [0.29, 0.717) is 22.7 Å². The Labute approximate surface area is 133 Å². The van der Waals surface area contributed by atoms with Crippen molar-refractivity contribution in [2.24, 2.45) is 5.92 Å². The molecule has 21 heavy (non-hydrogen) atoms. The summed E-state index contributed by atoms with van der Waals surface area (Å²) < 4.78 is 10.9. The van der Waals surface area contributed by atoms with Gasteiger partial charge in [0.2, 0.25) is 0 Å². The molecule has 118 valence electrons. The summed E-state index contributed by atoms with van der Waals surface area (Å²) in [7, 11) is 3.30. The standard InChI is InChI=1S/C17H26ClNO2/c1-4-19-16(12-8-6-5-7-9-12)13-10-11-14(20-2)15(18)17(13)21-3/h10-12,16,19H,4-9H2,1-3H3. The largest absolute Gasteiger partial charge is 0.495 e. The normalized spacial score (nSPS) is 17.5. The Bertz CT molecular complexity index is 458. The summed E-state index contributed by atoms with van der Waals surface area (Å²) in [5.41, 5.74) is 1.15. The number of rotatable bonds is 6. The van der Waals surface area contributed by atoms with E-state index in [2.05, 4.69) is 18.3 Å². The molecule has 1 unspecified atom stereocenters. The molecule has 3 nitrogen and oxygen atoms in total. The molecule has 1 atom stereocenters. The number of ether oxygens (including phenoxy) is 2. The topological polar surface area (TPSA) is 30.5 Å². The molecule has 1 aromatic carbocycles. The number of nitrogens with one attached hydrogen (secondary N) is 1. The molecule has 0 amide bonds. The van der Waals surface area contributed by atoms with E-state index in [1.807, 2.05) is 6.07 Å². The van der Waals surface area contributed by atoms with Gasteiger partial charge in [0, 0.05) is 11.6 Å². The zero-order chi connectivity index (χ0) is 15.2. The minimum Gasteiger partial charge on any atom is -0.495 e. The first-order valence-electron chi connectivity index (χ1n) is 7.86. The molecule has 1 aromatic rings. The van der Waals surface area contributed by atoms with Gasteiger partial charge in [-0.1, -0.05) is 37.8 Å². The van der Waals surface area contributed by atoms with E-state index in [4.69, 9.17) is 21.1 Å². The van der Waals surface area contributed by atoms with Gasteiger partial charge in [0.15, 0.2) is 0 Å². The predicted octanol–water partition coefficient (Wildman–Crippen LogP) is 4.59. The van der Waals surface area contributed by atoms with Crippen LogP contribution in [0, 0.1) is 5.92 Å². The second kappa shape index (κ2) is 7.90. The van der Waals surface area contributed by atoms with Gasteiger partial charge >= 0.3 is 0 Å². The second-order valence-electron chi connectivity index (χ2n) is 5.64. The van der Waals surface area contributed by atoms with E-state index < -0.39 is 0 Å². The minimum absolute atomic E-state index is 0.300. The summed E-state index contributed by atoms with van der Waals surface area (Å²) in [4.78, 5) is 0. The Morgan fingerprint density at radius 3 is 2.48 bits per heavy atom. The molecule has 1 N–H and O–H groups in total. The molecular formula is C17H26ClNO2. The van der Waals surface area contributed by atoms with E-state index >= 15 is 0 Å². The zero-order valence-corrected chi connectivity index (χ0v) is 14.0. The Morgan fingerprint density at radius 2 is 1.90 bits per heavy atom. The number of benzene rings is 1. The molecule has 0 bridgehead atoms. The summed E-state index contributed by atoms with van der Waals surface area (Å²) in [5, 5.41) is 4.19. The first-order valence-corrected chi connectivity index (χ1v) is 8.24. The van der Waals surface area contributed by atoms with Crippen LogP contribution < -0.4 is 14.8 Å². The monoisotopic (exact) mass is 311 g/mol. The minimum atomic E-state index is 0.300. The first-order chi connectivity index (χ1) is 10.2. The molecule has 1 aliphatic carbocycles. The van der Waals surface area contributed by atoms with Gasteiger partial charge in [-0.05, 0) is 37.4 Å². The fourth-order valence-electron chi connectivity index (χ4n) is 3.38. The molecule has 1 saturated carbocycles. The lowest BCUT2D eigenvalue weighted by molar-refractivity contribution is 0.268. The average molecular weight is 312 g/mol. The summed E-state index contributed by atoms with van der Waals surface area (Å²) in [5.74, 6) is 2.06. The first kappa shape index (κ1) is 16.4. The van der Waals surface area contributed by atoms with Crippen LogP contribution in [0.25, 0.3) is 0 Å². The molecule has 0 aromatic heterocycles. The summed E-state index contributed by atoms with van der Waals surface area (Å²) >= 11 is 6.42. The lowest BCUT2D eigenvalue weighted by Crippen LogP contribution is -2.30. The molecule has 2 rings (SSSR count). The van der Waals surface area contributed by atoms with Crippen molar-refractivity contribution in [1.29, 1.82) is 0 Å². The Balaban J connectivity index is 2.36. The zero-order valence-electron chi connectivity index (χ0n) is 13.2. The molecule has 1 fully saturated rings. The summed E-state index contributed by atoms with van der Waals surface area (Å²) in [6, 6.07) is 4.33. The number of halogens is 1. The third-order valence-corrected chi connectivity index (χ3v) is 4.75. The molecule has 0 saturated heterocycles. The molecule has 0 heterocycles. The number of hydrogen-bond donors (Lipinski definition) is 1. The smallest absolute Gasteiger partial charge is 0.146 e. The second-order valence-corrected chi connectivity index (χ2v) is 6.02. The fraction of sp³-hybridized carbons (Fsp3) is 0.647. The van der Waals surface area contributed by atoms with Gasteiger partial charge in [0.05, 0.1) is 14.2 Å². The van der Waals surface area contributed by atoms with E-state index in [1.54, 1.807) is 14.2 Å². The average Bonchev–Trinajstić information content (AvgIpc) is 2.53. The quantitative estimate of drug-likeness (QED) is 0.833. The predicted molar refractivity (Wildman–Crippen MR) is 87.5 cm³/mol. The van der Waals surface area contributed by atoms with Crippen LogP contribution in [0.4, 0.5) is 0 Å². The van der Waals surface area contributed by atoms with E-state index in [-0.39, 0.29) is 0 Å². The SMILES string of the molecule is CCNC(c1ccc(OC)c(Cl)c1OC)C1CCCCC1. The van der Waals surface area contributed by atoms with Gasteiger partial charge in [0.1, 0.15) is 16.5 Å². The van der Waals surface area contributed by atoms with Gasteiger partial charge in [0.25, 0.3) is 0 Å². The third-order valence-electron chi connectivity index (χ3n) is 4.40. The van der Waals surface area contributed by atoms with Crippen LogP contribution >= 0.6 is 11.6 Å². The van der Waals surface area contributed by atoms with Crippen LogP contribution in [0.3, 0.4) is 0 Å². The van der Waals surface area contributed by atoms with Crippen molar-refractivity contribution in [1.82, 2.24) is 5.32 Å².